The molecule has 3 nitrogen and oxygen atoms in total. The van der Waals surface area contributed by atoms with Crippen LogP contribution in [0.15, 0.2) is 18.2 Å². The van der Waals surface area contributed by atoms with Gasteiger partial charge in [0.1, 0.15) is 5.82 Å². The summed E-state index contributed by atoms with van der Waals surface area (Å²) in [5.74, 6) is 1.01. The molecule has 2 aromatic rings. The Balaban J connectivity index is 2.31. The van der Waals surface area contributed by atoms with Crippen molar-refractivity contribution in [1.29, 1.82) is 0 Å². The van der Waals surface area contributed by atoms with Gasteiger partial charge in [-0.2, -0.15) is 0 Å². The van der Waals surface area contributed by atoms with Gasteiger partial charge in [-0.15, -0.1) is 0 Å². The van der Waals surface area contributed by atoms with Crippen molar-refractivity contribution >= 4 is 11.0 Å². The minimum absolute atomic E-state index is 0.379. The lowest BCUT2D eigenvalue weighted by Gasteiger charge is -2.20. The number of benzene rings is 1. The quantitative estimate of drug-likeness (QED) is 0.860. The van der Waals surface area contributed by atoms with E-state index in [1.54, 1.807) is 0 Å². The third-order valence-corrected chi connectivity index (χ3v) is 3.33. The topological polar surface area (TPSA) is 43.8 Å². The van der Waals surface area contributed by atoms with Crippen LogP contribution in [-0.4, -0.2) is 9.55 Å². The molecule has 0 amide bonds. The van der Waals surface area contributed by atoms with E-state index in [0.29, 0.717) is 6.04 Å². The molecule has 1 heterocycles. The Morgan fingerprint density at radius 3 is 2.65 bits per heavy atom. The Morgan fingerprint density at radius 2 is 2.06 bits per heavy atom. The van der Waals surface area contributed by atoms with E-state index in [9.17, 15) is 0 Å². The summed E-state index contributed by atoms with van der Waals surface area (Å²) in [5, 5.41) is 0. The van der Waals surface area contributed by atoms with Crippen molar-refractivity contribution in [2.45, 2.75) is 45.2 Å². The zero-order valence-corrected chi connectivity index (χ0v) is 10.7. The first-order valence-corrected chi connectivity index (χ1v) is 6.25. The molecule has 0 aliphatic heterocycles. The number of imidazole rings is 1. The summed E-state index contributed by atoms with van der Waals surface area (Å²) in [4.78, 5) is 4.72. The second-order valence-corrected chi connectivity index (χ2v) is 5.75. The van der Waals surface area contributed by atoms with Crippen molar-refractivity contribution < 1.29 is 0 Å². The molecule has 17 heavy (non-hydrogen) atoms. The van der Waals surface area contributed by atoms with E-state index >= 15 is 0 Å². The molecule has 0 atom stereocenters. The van der Waals surface area contributed by atoms with Crippen molar-refractivity contribution in [3.05, 3.63) is 29.6 Å². The third-order valence-electron chi connectivity index (χ3n) is 3.33. The normalized spacial score (nSPS) is 16.7. The number of aromatic nitrogens is 2. The summed E-state index contributed by atoms with van der Waals surface area (Å²) in [6.45, 7) is 6.18. The van der Waals surface area contributed by atoms with Crippen LogP contribution < -0.4 is 5.73 Å². The fourth-order valence-corrected chi connectivity index (χ4v) is 2.36. The van der Waals surface area contributed by atoms with Crippen LogP contribution in [0.2, 0.25) is 0 Å². The molecule has 0 saturated heterocycles. The molecule has 3 rings (SSSR count). The zero-order valence-electron chi connectivity index (χ0n) is 10.7. The predicted octanol–water partition coefficient (Wildman–Crippen LogP) is 2.87. The Morgan fingerprint density at radius 1 is 1.35 bits per heavy atom. The molecular formula is C14H19N3. The lowest BCUT2D eigenvalue weighted by atomic mass is 10.1. The maximum absolute atomic E-state index is 6.24. The van der Waals surface area contributed by atoms with E-state index in [2.05, 4.69) is 29.7 Å². The van der Waals surface area contributed by atoms with Gasteiger partial charge in [-0.3, -0.25) is 0 Å². The molecular weight excluding hydrogens is 210 g/mol. The van der Waals surface area contributed by atoms with Gasteiger partial charge in [0, 0.05) is 6.04 Å². The van der Waals surface area contributed by atoms with Crippen molar-refractivity contribution in [2.75, 3.05) is 0 Å². The molecule has 3 heteroatoms. The van der Waals surface area contributed by atoms with Crippen molar-refractivity contribution in [2.24, 2.45) is 5.73 Å². The molecule has 0 unspecified atom stereocenters. The standard InChI is InChI=1S/C14H19N3/c1-9-4-7-11-12(8-9)17(10-5-6-10)13(16-11)14(2,3)15/h4,7-8,10H,5-6,15H2,1-3H3. The van der Waals surface area contributed by atoms with Gasteiger partial charge in [0.15, 0.2) is 0 Å². The van der Waals surface area contributed by atoms with Gasteiger partial charge < -0.3 is 10.3 Å². The summed E-state index contributed by atoms with van der Waals surface area (Å²) in [5.41, 5.74) is 9.44. The summed E-state index contributed by atoms with van der Waals surface area (Å²) in [6, 6.07) is 7.04. The van der Waals surface area contributed by atoms with Gasteiger partial charge in [-0.25, -0.2) is 4.98 Å². The Labute approximate surface area is 102 Å². The highest BCUT2D eigenvalue weighted by Gasteiger charge is 2.32. The number of aryl methyl sites for hydroxylation is 1. The third kappa shape index (κ3) is 1.75. The fraction of sp³-hybridized carbons (Fsp3) is 0.500. The molecule has 0 bridgehead atoms. The number of fused-ring (bicyclic) bond motifs is 1. The first-order valence-electron chi connectivity index (χ1n) is 6.25. The van der Waals surface area contributed by atoms with Crippen molar-refractivity contribution in [3.63, 3.8) is 0 Å². The van der Waals surface area contributed by atoms with Crippen molar-refractivity contribution in [1.82, 2.24) is 9.55 Å². The minimum Gasteiger partial charge on any atom is -0.323 e. The van der Waals surface area contributed by atoms with Gasteiger partial charge in [0.2, 0.25) is 0 Å². The number of nitrogens with zero attached hydrogens (tertiary/aromatic N) is 2. The summed E-state index contributed by atoms with van der Waals surface area (Å²) in [7, 11) is 0. The van der Waals surface area contributed by atoms with Crippen LogP contribution >= 0.6 is 0 Å². The van der Waals surface area contributed by atoms with Crippen LogP contribution in [0.25, 0.3) is 11.0 Å². The largest absolute Gasteiger partial charge is 0.323 e. The average Bonchev–Trinajstić information content (AvgIpc) is 2.98. The van der Waals surface area contributed by atoms with Crippen LogP contribution in [0, 0.1) is 6.92 Å². The van der Waals surface area contributed by atoms with E-state index in [1.165, 1.54) is 23.9 Å². The lowest BCUT2D eigenvalue weighted by molar-refractivity contribution is 0.482. The Hall–Kier alpha value is -1.35. The second kappa shape index (κ2) is 3.33. The molecule has 1 aromatic carbocycles. The van der Waals surface area contributed by atoms with Crippen LogP contribution in [0.3, 0.4) is 0 Å². The Bertz CT molecular complexity index is 571. The highest BCUT2D eigenvalue weighted by Crippen LogP contribution is 2.40. The van der Waals surface area contributed by atoms with E-state index in [1.807, 2.05) is 13.8 Å². The zero-order chi connectivity index (χ0) is 12.2. The molecule has 90 valence electrons. The SMILES string of the molecule is Cc1ccc2nc(C(C)(C)N)n(C3CC3)c2c1. The van der Waals surface area contributed by atoms with Crippen LogP contribution in [-0.2, 0) is 5.54 Å². The maximum atomic E-state index is 6.24. The van der Waals surface area contributed by atoms with Crippen LogP contribution in [0.4, 0.5) is 0 Å². The number of hydrogen-bond donors (Lipinski definition) is 1. The molecule has 0 spiro atoms. The number of hydrogen-bond acceptors (Lipinski definition) is 2. The highest BCUT2D eigenvalue weighted by atomic mass is 15.2. The van der Waals surface area contributed by atoms with E-state index in [-0.39, 0.29) is 5.54 Å². The average molecular weight is 229 g/mol. The van der Waals surface area contributed by atoms with Crippen molar-refractivity contribution in [3.8, 4) is 0 Å². The van der Waals surface area contributed by atoms with Gasteiger partial charge in [0.05, 0.1) is 16.6 Å². The van der Waals surface area contributed by atoms with E-state index < -0.39 is 0 Å². The first-order chi connectivity index (χ1) is 7.97. The summed E-state index contributed by atoms with van der Waals surface area (Å²) in [6.07, 6.45) is 2.50. The molecule has 1 saturated carbocycles. The smallest absolute Gasteiger partial charge is 0.129 e. The fourth-order valence-electron chi connectivity index (χ4n) is 2.36. The molecule has 1 fully saturated rings. The van der Waals surface area contributed by atoms with E-state index in [0.717, 1.165) is 11.3 Å². The molecule has 1 aliphatic carbocycles. The summed E-state index contributed by atoms with van der Waals surface area (Å²) >= 11 is 0. The van der Waals surface area contributed by atoms with Gasteiger partial charge in [-0.1, -0.05) is 6.07 Å². The lowest BCUT2D eigenvalue weighted by Crippen LogP contribution is -2.32. The highest BCUT2D eigenvalue weighted by molar-refractivity contribution is 5.77. The monoisotopic (exact) mass is 229 g/mol. The number of nitrogens with two attached hydrogens (primary N) is 1. The second-order valence-electron chi connectivity index (χ2n) is 5.75. The van der Waals surface area contributed by atoms with E-state index in [4.69, 9.17) is 10.7 Å². The maximum Gasteiger partial charge on any atom is 0.129 e. The minimum atomic E-state index is -0.379. The molecule has 2 N–H and O–H groups in total. The van der Waals surface area contributed by atoms with Gasteiger partial charge in [0.25, 0.3) is 0 Å². The Kier molecular flexibility index (Phi) is 2.11. The van der Waals surface area contributed by atoms with Crippen LogP contribution in [0.5, 0.6) is 0 Å². The van der Waals surface area contributed by atoms with Crippen LogP contribution in [0.1, 0.15) is 44.1 Å². The molecule has 1 aliphatic rings. The van der Waals surface area contributed by atoms with Gasteiger partial charge >= 0.3 is 0 Å². The predicted molar refractivity (Wildman–Crippen MR) is 70.0 cm³/mol. The van der Waals surface area contributed by atoms with Gasteiger partial charge in [-0.05, 0) is 51.3 Å². The summed E-state index contributed by atoms with van der Waals surface area (Å²) < 4.78 is 2.35. The molecule has 1 aromatic heterocycles. The molecule has 0 radical (unpaired) electrons. The number of rotatable bonds is 2. The first kappa shape index (κ1) is 10.8.